The molecule has 0 aliphatic carbocycles. The number of anilines is 1. The molecule has 1 rings (SSSR count). The molecule has 0 fully saturated rings. The lowest BCUT2D eigenvalue weighted by atomic mass is 9.86. The summed E-state index contributed by atoms with van der Waals surface area (Å²) in [6, 6.07) is 5.43. The van der Waals surface area contributed by atoms with Crippen LogP contribution >= 0.6 is 11.6 Å². The Hall–Kier alpha value is -1.06. The van der Waals surface area contributed by atoms with Crippen molar-refractivity contribution in [2.24, 2.45) is 11.1 Å². The summed E-state index contributed by atoms with van der Waals surface area (Å²) >= 11 is 5.91. The number of benzene rings is 1. The molecule has 17 heavy (non-hydrogen) atoms. The van der Waals surface area contributed by atoms with Gasteiger partial charge in [-0.2, -0.15) is 0 Å². The number of aryl methyl sites for hydroxylation is 1. The number of hydrogen-bond acceptors (Lipinski definition) is 2. The van der Waals surface area contributed by atoms with E-state index in [1.807, 2.05) is 26.8 Å². The molecule has 0 spiro atoms. The zero-order chi connectivity index (χ0) is 13.1. The highest BCUT2D eigenvalue weighted by Gasteiger charge is 2.29. The van der Waals surface area contributed by atoms with E-state index in [0.717, 1.165) is 11.3 Å². The summed E-state index contributed by atoms with van der Waals surface area (Å²) in [6.07, 6.45) is 0.703. The number of nitrogens with two attached hydrogens (primary N) is 1. The summed E-state index contributed by atoms with van der Waals surface area (Å²) < 4.78 is 0. The summed E-state index contributed by atoms with van der Waals surface area (Å²) in [5, 5.41) is 3.50. The van der Waals surface area contributed by atoms with Crippen LogP contribution in [0, 0.1) is 12.3 Å². The van der Waals surface area contributed by atoms with E-state index in [4.69, 9.17) is 17.3 Å². The molecule has 0 aliphatic heterocycles. The minimum absolute atomic E-state index is 0.0622. The van der Waals surface area contributed by atoms with Crippen LogP contribution < -0.4 is 11.1 Å². The van der Waals surface area contributed by atoms with Gasteiger partial charge >= 0.3 is 0 Å². The van der Waals surface area contributed by atoms with Crippen LogP contribution in [0.25, 0.3) is 0 Å². The van der Waals surface area contributed by atoms with Crippen LogP contribution in [0.3, 0.4) is 0 Å². The van der Waals surface area contributed by atoms with Crippen LogP contribution in [0.4, 0.5) is 5.69 Å². The Labute approximate surface area is 107 Å². The Kier molecular flexibility index (Phi) is 4.54. The van der Waals surface area contributed by atoms with Crippen LogP contribution in [0.1, 0.15) is 25.8 Å². The van der Waals surface area contributed by atoms with Crippen molar-refractivity contribution >= 4 is 23.2 Å². The fourth-order valence-electron chi connectivity index (χ4n) is 1.40. The standard InChI is InChI=1S/C13H19ClN2O/c1-4-13(3,8-15)12(17)16-11-7-10(14)6-5-9(11)2/h5-7H,4,8,15H2,1-3H3,(H,16,17). The van der Waals surface area contributed by atoms with E-state index in [2.05, 4.69) is 5.32 Å². The molecular formula is C13H19ClN2O. The number of nitrogens with one attached hydrogen (secondary N) is 1. The number of amides is 1. The molecule has 0 heterocycles. The van der Waals surface area contributed by atoms with E-state index in [-0.39, 0.29) is 5.91 Å². The molecule has 94 valence electrons. The Morgan fingerprint density at radius 1 is 1.53 bits per heavy atom. The molecule has 0 saturated heterocycles. The smallest absolute Gasteiger partial charge is 0.231 e. The molecule has 0 aromatic heterocycles. The molecule has 3 N–H and O–H groups in total. The third-order valence-corrected chi connectivity index (χ3v) is 3.46. The van der Waals surface area contributed by atoms with Gasteiger partial charge < -0.3 is 11.1 Å². The molecule has 0 aliphatic rings. The molecular weight excluding hydrogens is 236 g/mol. The highest BCUT2D eigenvalue weighted by atomic mass is 35.5. The van der Waals surface area contributed by atoms with Gasteiger partial charge in [0.15, 0.2) is 0 Å². The SMILES string of the molecule is CCC(C)(CN)C(=O)Nc1cc(Cl)ccc1C. The first kappa shape index (κ1) is 14.0. The van der Waals surface area contributed by atoms with Gasteiger partial charge in [-0.1, -0.05) is 24.6 Å². The zero-order valence-corrected chi connectivity index (χ0v) is 11.3. The topological polar surface area (TPSA) is 55.1 Å². The number of hydrogen-bond donors (Lipinski definition) is 2. The first-order chi connectivity index (χ1) is 7.92. The molecule has 3 nitrogen and oxygen atoms in total. The second-order valence-corrected chi connectivity index (χ2v) is 4.97. The molecule has 0 bridgehead atoms. The van der Waals surface area contributed by atoms with Gasteiger partial charge in [0.25, 0.3) is 0 Å². The van der Waals surface area contributed by atoms with Gasteiger partial charge in [0.2, 0.25) is 5.91 Å². The molecule has 1 atom stereocenters. The van der Waals surface area contributed by atoms with Gasteiger partial charge in [-0.3, -0.25) is 4.79 Å². The summed E-state index contributed by atoms with van der Waals surface area (Å²) in [5.74, 6) is -0.0622. The van der Waals surface area contributed by atoms with Gasteiger partial charge in [0.05, 0.1) is 5.41 Å². The fraction of sp³-hybridized carbons (Fsp3) is 0.462. The Morgan fingerprint density at radius 3 is 2.71 bits per heavy atom. The zero-order valence-electron chi connectivity index (χ0n) is 10.5. The minimum atomic E-state index is -0.533. The number of carbonyl (C=O) groups is 1. The maximum Gasteiger partial charge on any atom is 0.231 e. The third kappa shape index (κ3) is 3.20. The van der Waals surface area contributed by atoms with Gasteiger partial charge in [0.1, 0.15) is 0 Å². The first-order valence-corrected chi connectivity index (χ1v) is 6.08. The number of rotatable bonds is 4. The van der Waals surface area contributed by atoms with Gasteiger partial charge in [0, 0.05) is 17.3 Å². The largest absolute Gasteiger partial charge is 0.329 e. The molecule has 0 radical (unpaired) electrons. The van der Waals surface area contributed by atoms with Crippen molar-refractivity contribution in [2.45, 2.75) is 27.2 Å². The van der Waals surface area contributed by atoms with Gasteiger partial charge in [-0.25, -0.2) is 0 Å². The highest BCUT2D eigenvalue weighted by molar-refractivity contribution is 6.31. The van der Waals surface area contributed by atoms with Crippen molar-refractivity contribution in [1.82, 2.24) is 0 Å². The normalized spacial score (nSPS) is 14.2. The highest BCUT2D eigenvalue weighted by Crippen LogP contribution is 2.25. The summed E-state index contributed by atoms with van der Waals surface area (Å²) in [6.45, 7) is 6.08. The molecule has 1 amide bonds. The van der Waals surface area contributed by atoms with E-state index >= 15 is 0 Å². The van der Waals surface area contributed by atoms with Crippen molar-refractivity contribution in [3.05, 3.63) is 28.8 Å². The quantitative estimate of drug-likeness (QED) is 0.868. The van der Waals surface area contributed by atoms with Gasteiger partial charge in [-0.05, 0) is 38.0 Å². The first-order valence-electron chi connectivity index (χ1n) is 5.70. The van der Waals surface area contributed by atoms with Crippen LogP contribution in [0.5, 0.6) is 0 Å². The van der Waals surface area contributed by atoms with Crippen LogP contribution in [-0.2, 0) is 4.79 Å². The molecule has 0 saturated carbocycles. The molecule has 1 aromatic rings. The van der Waals surface area contributed by atoms with E-state index in [1.165, 1.54) is 0 Å². The fourth-order valence-corrected chi connectivity index (χ4v) is 1.57. The maximum atomic E-state index is 12.1. The summed E-state index contributed by atoms with van der Waals surface area (Å²) in [4.78, 5) is 12.1. The molecule has 1 aromatic carbocycles. The van der Waals surface area contributed by atoms with Crippen molar-refractivity contribution in [3.63, 3.8) is 0 Å². The van der Waals surface area contributed by atoms with Crippen molar-refractivity contribution in [1.29, 1.82) is 0 Å². The second-order valence-electron chi connectivity index (χ2n) is 4.53. The van der Waals surface area contributed by atoms with E-state index in [1.54, 1.807) is 12.1 Å². The molecule has 1 unspecified atom stereocenters. The second kappa shape index (κ2) is 5.52. The Bertz CT molecular complexity index is 414. The average molecular weight is 255 g/mol. The van der Waals surface area contributed by atoms with E-state index in [0.29, 0.717) is 18.0 Å². The van der Waals surface area contributed by atoms with Crippen molar-refractivity contribution in [2.75, 3.05) is 11.9 Å². The lowest BCUT2D eigenvalue weighted by molar-refractivity contribution is -0.124. The minimum Gasteiger partial charge on any atom is -0.329 e. The lowest BCUT2D eigenvalue weighted by Gasteiger charge is -2.25. The lowest BCUT2D eigenvalue weighted by Crippen LogP contribution is -2.39. The van der Waals surface area contributed by atoms with Gasteiger partial charge in [-0.15, -0.1) is 0 Å². The van der Waals surface area contributed by atoms with Crippen molar-refractivity contribution in [3.8, 4) is 0 Å². The van der Waals surface area contributed by atoms with Crippen LogP contribution in [-0.4, -0.2) is 12.5 Å². The summed E-state index contributed by atoms with van der Waals surface area (Å²) in [7, 11) is 0. The molecule has 4 heteroatoms. The predicted octanol–water partition coefficient (Wildman–Crippen LogP) is 2.96. The predicted molar refractivity (Wildman–Crippen MR) is 72.3 cm³/mol. The monoisotopic (exact) mass is 254 g/mol. The van der Waals surface area contributed by atoms with E-state index < -0.39 is 5.41 Å². The van der Waals surface area contributed by atoms with Crippen LogP contribution in [0.2, 0.25) is 5.02 Å². The number of carbonyl (C=O) groups excluding carboxylic acids is 1. The van der Waals surface area contributed by atoms with Crippen LogP contribution in [0.15, 0.2) is 18.2 Å². The Balaban J connectivity index is 2.91. The Morgan fingerprint density at radius 2 is 2.18 bits per heavy atom. The van der Waals surface area contributed by atoms with Crippen molar-refractivity contribution < 1.29 is 4.79 Å². The average Bonchev–Trinajstić information content (AvgIpc) is 2.32. The number of halogens is 1. The summed E-state index contributed by atoms with van der Waals surface area (Å²) in [5.41, 5.74) is 6.85. The third-order valence-electron chi connectivity index (χ3n) is 3.23. The maximum absolute atomic E-state index is 12.1. The van der Waals surface area contributed by atoms with E-state index in [9.17, 15) is 4.79 Å².